The zero-order valence-corrected chi connectivity index (χ0v) is 16.2. The molecule has 0 bridgehead atoms. The first-order valence-corrected chi connectivity index (χ1v) is 9.82. The molecule has 5 nitrogen and oxygen atoms in total. The fraction of sp³-hybridized carbons (Fsp3) is 0. The molecule has 130 valence electrons. The van der Waals surface area contributed by atoms with E-state index in [1.54, 1.807) is 12.3 Å². The van der Waals surface area contributed by atoms with Crippen LogP contribution in [0.4, 0.5) is 14.5 Å². The van der Waals surface area contributed by atoms with Crippen LogP contribution < -0.4 is 4.72 Å². The van der Waals surface area contributed by atoms with Crippen molar-refractivity contribution in [1.82, 2.24) is 9.78 Å². The maximum absolute atomic E-state index is 14.2. The summed E-state index contributed by atoms with van der Waals surface area (Å²) in [6.45, 7) is 0. The highest BCUT2D eigenvalue weighted by molar-refractivity contribution is 9.11. The molecule has 0 atom stereocenters. The van der Waals surface area contributed by atoms with Gasteiger partial charge in [0, 0.05) is 27.4 Å². The Morgan fingerprint density at radius 1 is 1.08 bits per heavy atom. The summed E-state index contributed by atoms with van der Waals surface area (Å²) < 4.78 is 56.3. The molecule has 25 heavy (non-hydrogen) atoms. The van der Waals surface area contributed by atoms with Gasteiger partial charge in [0.15, 0.2) is 5.82 Å². The minimum Gasteiger partial charge on any atom is -0.279 e. The van der Waals surface area contributed by atoms with E-state index >= 15 is 0 Å². The van der Waals surface area contributed by atoms with Crippen molar-refractivity contribution in [2.75, 3.05) is 4.72 Å². The van der Waals surface area contributed by atoms with Crippen molar-refractivity contribution in [3.63, 3.8) is 0 Å². The van der Waals surface area contributed by atoms with Crippen LogP contribution in [0.1, 0.15) is 0 Å². The Kier molecular flexibility index (Phi) is 4.94. The van der Waals surface area contributed by atoms with Gasteiger partial charge in [0.05, 0.1) is 5.69 Å². The average molecular weight is 493 g/mol. The lowest BCUT2D eigenvalue weighted by Gasteiger charge is -2.12. The second-order valence-corrected chi connectivity index (χ2v) is 8.25. The number of hydrogen-bond acceptors (Lipinski definition) is 3. The summed E-state index contributed by atoms with van der Waals surface area (Å²) >= 11 is 6.05. The van der Waals surface area contributed by atoms with E-state index in [0.717, 1.165) is 18.2 Å². The molecule has 1 aromatic heterocycles. The number of anilines is 1. The van der Waals surface area contributed by atoms with Gasteiger partial charge in [-0.05, 0) is 62.2 Å². The van der Waals surface area contributed by atoms with Crippen LogP contribution in [0, 0.1) is 11.6 Å². The highest BCUT2D eigenvalue weighted by Crippen LogP contribution is 2.32. The number of nitrogens with zero attached hydrogens (tertiary/aromatic N) is 2. The van der Waals surface area contributed by atoms with E-state index in [0.29, 0.717) is 0 Å². The molecule has 0 spiro atoms. The molecule has 3 rings (SSSR count). The van der Waals surface area contributed by atoms with E-state index in [4.69, 9.17) is 0 Å². The van der Waals surface area contributed by atoms with Gasteiger partial charge in [0.1, 0.15) is 16.4 Å². The second-order valence-electron chi connectivity index (χ2n) is 4.92. The highest BCUT2D eigenvalue weighted by Gasteiger charge is 2.23. The SMILES string of the molecule is O=S(=O)(Nc1ccc(-n2cccn2)c(F)c1)c1c(Br)cc(F)cc1Br. The molecule has 0 saturated heterocycles. The third-order valence-electron chi connectivity index (χ3n) is 3.18. The van der Waals surface area contributed by atoms with Gasteiger partial charge in [-0.3, -0.25) is 4.72 Å². The topological polar surface area (TPSA) is 64.0 Å². The molecule has 0 radical (unpaired) electrons. The molecule has 10 heteroatoms. The van der Waals surface area contributed by atoms with Gasteiger partial charge in [-0.25, -0.2) is 21.9 Å². The summed E-state index contributed by atoms with van der Waals surface area (Å²) in [5, 5.41) is 3.92. The average Bonchev–Trinajstić information content (AvgIpc) is 2.99. The van der Waals surface area contributed by atoms with E-state index in [1.807, 2.05) is 0 Å². The van der Waals surface area contributed by atoms with Gasteiger partial charge in [0.25, 0.3) is 10.0 Å². The molecule has 0 amide bonds. The Morgan fingerprint density at radius 2 is 1.76 bits per heavy atom. The van der Waals surface area contributed by atoms with Crippen molar-refractivity contribution in [2.45, 2.75) is 4.90 Å². The van der Waals surface area contributed by atoms with E-state index in [1.165, 1.54) is 23.0 Å². The first-order chi connectivity index (χ1) is 11.8. The molecule has 3 aromatic rings. The first-order valence-electron chi connectivity index (χ1n) is 6.75. The minimum absolute atomic E-state index is 0.0246. The summed E-state index contributed by atoms with van der Waals surface area (Å²) in [5.41, 5.74) is 0.202. The molecular formula is C15H9Br2F2N3O2S. The van der Waals surface area contributed by atoms with E-state index < -0.39 is 21.7 Å². The maximum atomic E-state index is 14.2. The Balaban J connectivity index is 1.96. The zero-order chi connectivity index (χ0) is 18.2. The molecule has 0 fully saturated rings. The lowest BCUT2D eigenvalue weighted by molar-refractivity contribution is 0.597. The van der Waals surface area contributed by atoms with Gasteiger partial charge in [0.2, 0.25) is 0 Å². The molecule has 0 aliphatic heterocycles. The van der Waals surface area contributed by atoms with Crippen LogP contribution in [-0.4, -0.2) is 18.2 Å². The number of sulfonamides is 1. The quantitative estimate of drug-likeness (QED) is 0.584. The van der Waals surface area contributed by atoms with Crippen molar-refractivity contribution in [1.29, 1.82) is 0 Å². The predicted molar refractivity (Wildman–Crippen MR) is 96.1 cm³/mol. The molecule has 1 heterocycles. The number of rotatable bonds is 4. The third-order valence-corrected chi connectivity index (χ3v) is 6.44. The predicted octanol–water partition coefficient (Wildman–Crippen LogP) is 4.48. The van der Waals surface area contributed by atoms with Gasteiger partial charge in [-0.15, -0.1) is 0 Å². The smallest absolute Gasteiger partial charge is 0.264 e. The van der Waals surface area contributed by atoms with Crippen molar-refractivity contribution >= 4 is 47.6 Å². The van der Waals surface area contributed by atoms with E-state index in [9.17, 15) is 17.2 Å². The van der Waals surface area contributed by atoms with Crippen LogP contribution in [0.2, 0.25) is 0 Å². The van der Waals surface area contributed by atoms with E-state index in [-0.39, 0.29) is 25.2 Å². The molecule has 2 aromatic carbocycles. The van der Waals surface area contributed by atoms with Crippen LogP contribution in [0.3, 0.4) is 0 Å². The van der Waals surface area contributed by atoms with E-state index in [2.05, 4.69) is 41.7 Å². The van der Waals surface area contributed by atoms with Crippen LogP contribution in [0.25, 0.3) is 5.69 Å². The van der Waals surface area contributed by atoms with Gasteiger partial charge >= 0.3 is 0 Å². The van der Waals surface area contributed by atoms with Crippen LogP contribution in [0.5, 0.6) is 0 Å². The Labute approximate surface area is 159 Å². The molecule has 0 unspecified atom stereocenters. The first kappa shape index (κ1) is 18.0. The summed E-state index contributed by atoms with van der Waals surface area (Å²) in [5.74, 6) is -1.26. The third kappa shape index (κ3) is 3.75. The van der Waals surface area contributed by atoms with Crippen LogP contribution in [0.15, 0.2) is 62.6 Å². The number of benzene rings is 2. The van der Waals surface area contributed by atoms with Gasteiger partial charge < -0.3 is 0 Å². The van der Waals surface area contributed by atoms with Gasteiger partial charge in [-0.1, -0.05) is 0 Å². The van der Waals surface area contributed by atoms with Crippen molar-refractivity contribution in [3.05, 3.63) is 69.4 Å². The van der Waals surface area contributed by atoms with Crippen LogP contribution in [-0.2, 0) is 10.0 Å². The second kappa shape index (κ2) is 6.85. The molecule has 1 N–H and O–H groups in total. The summed E-state index contributed by atoms with van der Waals surface area (Å²) in [6, 6.07) is 7.54. The number of halogens is 4. The standard InChI is InChI=1S/C15H9Br2F2N3O2S/c16-11-6-9(18)7-12(17)15(11)25(23,24)21-10-2-3-14(13(19)8-10)22-5-1-4-20-22/h1-8,21H. The van der Waals surface area contributed by atoms with Crippen LogP contribution >= 0.6 is 31.9 Å². The number of nitrogens with one attached hydrogen (secondary N) is 1. The number of hydrogen-bond donors (Lipinski definition) is 1. The Morgan fingerprint density at radius 3 is 2.32 bits per heavy atom. The Hall–Kier alpha value is -1.78. The summed E-state index contributed by atoms with van der Waals surface area (Å²) in [6.07, 6.45) is 3.06. The molecule has 0 aliphatic carbocycles. The minimum atomic E-state index is -4.07. The lowest BCUT2D eigenvalue weighted by Crippen LogP contribution is -2.15. The largest absolute Gasteiger partial charge is 0.279 e. The fourth-order valence-corrected chi connectivity index (χ4v) is 5.74. The Bertz CT molecular complexity index is 1020. The highest BCUT2D eigenvalue weighted by atomic mass is 79.9. The molecule has 0 aliphatic rings. The van der Waals surface area contributed by atoms with Crippen molar-refractivity contribution in [3.8, 4) is 5.69 Å². The number of aromatic nitrogens is 2. The molecular weight excluding hydrogens is 484 g/mol. The zero-order valence-electron chi connectivity index (χ0n) is 12.2. The van der Waals surface area contributed by atoms with Gasteiger partial charge in [-0.2, -0.15) is 5.10 Å². The van der Waals surface area contributed by atoms with Crippen molar-refractivity contribution in [2.24, 2.45) is 0 Å². The summed E-state index contributed by atoms with van der Waals surface area (Å²) in [7, 11) is -4.07. The summed E-state index contributed by atoms with van der Waals surface area (Å²) in [4.78, 5) is -0.189. The van der Waals surface area contributed by atoms with Crippen molar-refractivity contribution < 1.29 is 17.2 Å². The maximum Gasteiger partial charge on any atom is 0.264 e. The molecule has 0 saturated carbocycles. The monoisotopic (exact) mass is 491 g/mol. The normalized spacial score (nSPS) is 11.5. The lowest BCUT2D eigenvalue weighted by atomic mass is 10.3. The fourth-order valence-electron chi connectivity index (χ4n) is 2.16.